The molecule has 0 aliphatic rings. The van der Waals surface area contributed by atoms with E-state index in [-0.39, 0.29) is 4.90 Å². The number of nitrogens with one attached hydrogen (secondary N) is 1. The molecule has 0 aliphatic carbocycles. The van der Waals surface area contributed by atoms with Gasteiger partial charge < -0.3 is 0 Å². The van der Waals surface area contributed by atoms with Crippen molar-refractivity contribution in [1.29, 1.82) is 0 Å². The van der Waals surface area contributed by atoms with Crippen molar-refractivity contribution in [2.75, 3.05) is 4.72 Å². The quantitative estimate of drug-likeness (QED) is 0.489. The Morgan fingerprint density at radius 3 is 2.50 bits per heavy atom. The van der Waals surface area contributed by atoms with Crippen molar-refractivity contribution >= 4 is 15.7 Å². The topological polar surface area (TPSA) is 76.9 Å². The molecule has 0 saturated carbocycles. The molecule has 6 nitrogen and oxygen atoms in total. The van der Waals surface area contributed by atoms with E-state index >= 15 is 0 Å². The lowest BCUT2D eigenvalue weighted by atomic mass is 10.1. The van der Waals surface area contributed by atoms with E-state index in [1.165, 1.54) is 6.20 Å². The summed E-state index contributed by atoms with van der Waals surface area (Å²) in [7, 11) is -3.76. The Labute approximate surface area is 176 Å². The molecule has 4 rings (SSSR count). The second-order valence-electron chi connectivity index (χ2n) is 6.97. The van der Waals surface area contributed by atoms with Crippen molar-refractivity contribution in [3.8, 4) is 5.69 Å². The van der Waals surface area contributed by atoms with Gasteiger partial charge in [-0.15, -0.1) is 0 Å². The smallest absolute Gasteiger partial charge is 0.265 e. The minimum atomic E-state index is -3.76. The number of hydrogen-bond acceptors (Lipinski definition) is 4. The minimum absolute atomic E-state index is 0.158. The fraction of sp³-hybridized carbons (Fsp3) is 0.130. The van der Waals surface area contributed by atoms with E-state index in [1.54, 1.807) is 23.9 Å². The number of aryl methyl sites for hydroxylation is 2. The third-order valence-electron chi connectivity index (χ3n) is 4.83. The van der Waals surface area contributed by atoms with Gasteiger partial charge in [-0.25, -0.2) is 13.1 Å². The van der Waals surface area contributed by atoms with Crippen LogP contribution in [0.3, 0.4) is 0 Å². The number of nitrogens with zero attached hydrogens (tertiary/aromatic N) is 3. The van der Waals surface area contributed by atoms with Gasteiger partial charge in [0.25, 0.3) is 10.0 Å². The molecular weight excluding hydrogens is 396 g/mol. The van der Waals surface area contributed by atoms with Crippen molar-refractivity contribution in [2.45, 2.75) is 24.7 Å². The number of benzene rings is 2. The largest absolute Gasteiger partial charge is 0.280 e. The molecule has 0 amide bonds. The maximum atomic E-state index is 13.0. The Morgan fingerprint density at radius 1 is 0.933 bits per heavy atom. The average molecular weight is 419 g/mol. The summed E-state index contributed by atoms with van der Waals surface area (Å²) in [6, 6.07) is 22.7. The molecule has 0 saturated heterocycles. The summed E-state index contributed by atoms with van der Waals surface area (Å²) in [5.74, 6) is 0. The molecule has 4 aromatic rings. The van der Waals surface area contributed by atoms with Crippen LogP contribution < -0.4 is 4.72 Å². The third-order valence-corrected chi connectivity index (χ3v) is 6.31. The lowest BCUT2D eigenvalue weighted by Gasteiger charge is -2.10. The first-order valence-corrected chi connectivity index (χ1v) is 11.1. The number of aromatic nitrogens is 3. The highest BCUT2D eigenvalue weighted by Gasteiger charge is 2.21. The molecule has 152 valence electrons. The van der Waals surface area contributed by atoms with Crippen LogP contribution in [0.15, 0.2) is 90.1 Å². The van der Waals surface area contributed by atoms with Crippen molar-refractivity contribution in [1.82, 2.24) is 14.8 Å². The zero-order valence-corrected chi connectivity index (χ0v) is 17.4. The first kappa shape index (κ1) is 19.8. The monoisotopic (exact) mass is 418 g/mol. The fourth-order valence-electron chi connectivity index (χ4n) is 3.31. The second kappa shape index (κ2) is 8.51. The van der Waals surface area contributed by atoms with Gasteiger partial charge in [0.1, 0.15) is 4.90 Å². The SMILES string of the molecule is Cc1c(S(=O)(=O)Nc2cccc(CCc3ccccn3)c2)cnn1-c1ccccc1. The molecule has 0 spiro atoms. The van der Waals surface area contributed by atoms with Crippen LogP contribution in [0.5, 0.6) is 0 Å². The summed E-state index contributed by atoms with van der Waals surface area (Å²) in [6.45, 7) is 1.75. The zero-order valence-electron chi connectivity index (χ0n) is 16.6. The average Bonchev–Trinajstić information content (AvgIpc) is 3.16. The lowest BCUT2D eigenvalue weighted by Crippen LogP contribution is -2.14. The maximum Gasteiger partial charge on any atom is 0.265 e. The van der Waals surface area contributed by atoms with Gasteiger partial charge in [-0.05, 0) is 61.7 Å². The van der Waals surface area contributed by atoms with Gasteiger partial charge in [-0.1, -0.05) is 36.4 Å². The molecule has 2 heterocycles. The number of hydrogen-bond donors (Lipinski definition) is 1. The number of para-hydroxylation sites is 1. The highest BCUT2D eigenvalue weighted by Crippen LogP contribution is 2.22. The van der Waals surface area contributed by atoms with E-state index in [2.05, 4.69) is 14.8 Å². The Hall–Kier alpha value is -3.45. The minimum Gasteiger partial charge on any atom is -0.280 e. The number of pyridine rings is 1. The maximum absolute atomic E-state index is 13.0. The van der Waals surface area contributed by atoms with Gasteiger partial charge in [0, 0.05) is 17.6 Å². The van der Waals surface area contributed by atoms with Gasteiger partial charge in [0.15, 0.2) is 0 Å². The lowest BCUT2D eigenvalue weighted by molar-refractivity contribution is 0.600. The molecule has 2 aromatic carbocycles. The first-order chi connectivity index (χ1) is 14.5. The Morgan fingerprint density at radius 2 is 1.73 bits per heavy atom. The summed E-state index contributed by atoms with van der Waals surface area (Å²) < 4.78 is 30.3. The van der Waals surface area contributed by atoms with Gasteiger partial charge >= 0.3 is 0 Å². The number of rotatable bonds is 7. The molecule has 30 heavy (non-hydrogen) atoms. The van der Waals surface area contributed by atoms with E-state index in [1.807, 2.05) is 66.7 Å². The molecule has 0 bridgehead atoms. The molecule has 0 fully saturated rings. The number of sulfonamides is 1. The summed E-state index contributed by atoms with van der Waals surface area (Å²) >= 11 is 0. The van der Waals surface area contributed by atoms with Gasteiger partial charge in [0.05, 0.1) is 17.6 Å². The van der Waals surface area contributed by atoms with Crippen LogP contribution in [-0.4, -0.2) is 23.2 Å². The van der Waals surface area contributed by atoms with Crippen LogP contribution in [0.2, 0.25) is 0 Å². The molecule has 0 aliphatic heterocycles. The van der Waals surface area contributed by atoms with Crippen molar-refractivity contribution in [3.05, 3.63) is 102 Å². The van der Waals surface area contributed by atoms with Crippen molar-refractivity contribution < 1.29 is 8.42 Å². The predicted molar refractivity (Wildman–Crippen MR) is 117 cm³/mol. The van der Waals surface area contributed by atoms with Gasteiger partial charge in [0.2, 0.25) is 0 Å². The van der Waals surface area contributed by atoms with E-state index in [9.17, 15) is 8.42 Å². The van der Waals surface area contributed by atoms with Gasteiger partial charge in [-0.3, -0.25) is 9.71 Å². The highest BCUT2D eigenvalue weighted by molar-refractivity contribution is 7.92. The van der Waals surface area contributed by atoms with E-state index < -0.39 is 10.0 Å². The third kappa shape index (κ3) is 4.41. The van der Waals surface area contributed by atoms with E-state index in [0.717, 1.165) is 29.8 Å². The van der Waals surface area contributed by atoms with Crippen LogP contribution in [0.1, 0.15) is 17.0 Å². The van der Waals surface area contributed by atoms with E-state index in [4.69, 9.17) is 0 Å². The van der Waals surface area contributed by atoms with Crippen LogP contribution in [-0.2, 0) is 22.9 Å². The molecule has 0 unspecified atom stereocenters. The Bertz CT molecular complexity index is 1240. The first-order valence-electron chi connectivity index (χ1n) is 9.65. The van der Waals surface area contributed by atoms with Crippen molar-refractivity contribution in [3.63, 3.8) is 0 Å². The Kier molecular flexibility index (Phi) is 5.63. The molecule has 2 aromatic heterocycles. The summed E-state index contributed by atoms with van der Waals surface area (Å²) in [5.41, 5.74) is 3.94. The fourth-order valence-corrected chi connectivity index (χ4v) is 4.52. The molecule has 1 N–H and O–H groups in total. The summed E-state index contributed by atoms with van der Waals surface area (Å²) in [6.07, 6.45) is 4.73. The molecule has 0 atom stereocenters. The molecule has 0 radical (unpaired) electrons. The standard InChI is InChI=1S/C23H22N4O2S/c1-18-23(17-25-27(18)22-11-3-2-4-12-22)30(28,29)26-21-10-7-8-19(16-21)13-14-20-9-5-6-15-24-20/h2-12,15-17,26H,13-14H2,1H3. The summed E-state index contributed by atoms with van der Waals surface area (Å²) in [4.78, 5) is 4.49. The molecular formula is C23H22N4O2S. The highest BCUT2D eigenvalue weighted by atomic mass is 32.2. The van der Waals surface area contributed by atoms with Crippen LogP contribution in [0, 0.1) is 6.92 Å². The van der Waals surface area contributed by atoms with Crippen LogP contribution >= 0.6 is 0 Å². The Balaban J connectivity index is 1.52. The van der Waals surface area contributed by atoms with E-state index in [0.29, 0.717) is 11.4 Å². The van der Waals surface area contributed by atoms with Crippen molar-refractivity contribution in [2.24, 2.45) is 0 Å². The second-order valence-corrected chi connectivity index (χ2v) is 8.62. The van der Waals surface area contributed by atoms with Crippen LogP contribution in [0.25, 0.3) is 5.69 Å². The number of anilines is 1. The zero-order chi connectivity index (χ0) is 21.0. The van der Waals surface area contributed by atoms with Crippen LogP contribution in [0.4, 0.5) is 5.69 Å². The normalized spacial score (nSPS) is 11.4. The predicted octanol–water partition coefficient (Wildman–Crippen LogP) is 4.16. The van der Waals surface area contributed by atoms with Gasteiger partial charge in [-0.2, -0.15) is 5.10 Å². The summed E-state index contributed by atoms with van der Waals surface area (Å²) in [5, 5.41) is 4.27. The molecule has 7 heteroatoms.